The van der Waals surface area contributed by atoms with Crippen LogP contribution in [0.5, 0.6) is 11.6 Å². The zero-order chi connectivity index (χ0) is 27.0. The fourth-order valence-electron chi connectivity index (χ4n) is 4.29. The highest BCUT2D eigenvalue weighted by molar-refractivity contribution is 6.04. The van der Waals surface area contributed by atoms with Crippen molar-refractivity contribution < 1.29 is 32.2 Å². The molecular weight excluding hydrogens is 473 g/mol. The van der Waals surface area contributed by atoms with Gasteiger partial charge in [0.2, 0.25) is 11.8 Å². The SMILES string of the molecule is CC.COC(=O)c1cc(Oc2nccc(C)c2C(F)F)c(F)cc1N(C(=O)C1CCCCC1)C(C)C. The van der Waals surface area contributed by atoms with E-state index in [0.717, 1.165) is 51.3 Å². The predicted molar refractivity (Wildman–Crippen MR) is 132 cm³/mol. The van der Waals surface area contributed by atoms with Gasteiger partial charge in [-0.05, 0) is 45.2 Å². The van der Waals surface area contributed by atoms with Crippen LogP contribution in [0.4, 0.5) is 18.9 Å². The third-order valence-corrected chi connectivity index (χ3v) is 6.02. The maximum atomic E-state index is 15.2. The van der Waals surface area contributed by atoms with Crippen molar-refractivity contribution in [3.05, 3.63) is 46.9 Å². The van der Waals surface area contributed by atoms with Gasteiger partial charge in [0.1, 0.15) is 0 Å². The van der Waals surface area contributed by atoms with Crippen molar-refractivity contribution in [2.24, 2.45) is 5.92 Å². The zero-order valence-corrected chi connectivity index (χ0v) is 21.7. The second kappa shape index (κ2) is 13.3. The molecule has 0 saturated heterocycles. The van der Waals surface area contributed by atoms with E-state index in [1.54, 1.807) is 13.8 Å². The van der Waals surface area contributed by atoms with Crippen molar-refractivity contribution in [3.8, 4) is 11.6 Å². The summed E-state index contributed by atoms with van der Waals surface area (Å²) in [6, 6.07) is 3.11. The molecule has 0 radical (unpaired) electrons. The Kier molecular flexibility index (Phi) is 10.7. The lowest BCUT2D eigenvalue weighted by atomic mass is 9.87. The molecule has 1 amide bonds. The smallest absolute Gasteiger partial charge is 0.340 e. The lowest BCUT2D eigenvalue weighted by molar-refractivity contribution is -0.123. The predicted octanol–water partition coefficient (Wildman–Crippen LogP) is 7.39. The number of hydrogen-bond acceptors (Lipinski definition) is 5. The third-order valence-electron chi connectivity index (χ3n) is 6.02. The summed E-state index contributed by atoms with van der Waals surface area (Å²) < 4.78 is 52.6. The molecule has 0 aliphatic heterocycles. The number of alkyl halides is 2. The molecule has 36 heavy (non-hydrogen) atoms. The van der Waals surface area contributed by atoms with Gasteiger partial charge in [0.25, 0.3) is 6.43 Å². The van der Waals surface area contributed by atoms with Gasteiger partial charge in [-0.3, -0.25) is 4.79 Å². The molecule has 6 nitrogen and oxygen atoms in total. The van der Waals surface area contributed by atoms with E-state index in [1.165, 1.54) is 24.1 Å². The van der Waals surface area contributed by atoms with Gasteiger partial charge in [0.05, 0.1) is 23.9 Å². The number of hydrogen-bond donors (Lipinski definition) is 0. The minimum absolute atomic E-state index is 0.0496. The van der Waals surface area contributed by atoms with Crippen molar-refractivity contribution in [1.29, 1.82) is 0 Å². The normalized spacial score (nSPS) is 13.8. The standard InChI is InChI=1S/C25H29F3N2O4.C2H6/c1-14(2)30(24(31)16-8-6-5-7-9-16)19-13-18(26)20(12-17(19)25(32)33-4)34-23-21(22(27)28)15(3)10-11-29-23;1-2/h10-14,16,22H,5-9H2,1-4H3;1-2H3. The number of methoxy groups -OCH3 is 1. The summed E-state index contributed by atoms with van der Waals surface area (Å²) in [6.07, 6.45) is 2.77. The highest BCUT2D eigenvalue weighted by Gasteiger charge is 2.32. The van der Waals surface area contributed by atoms with Gasteiger partial charge in [0, 0.05) is 30.3 Å². The van der Waals surface area contributed by atoms with Crippen LogP contribution in [0.15, 0.2) is 24.4 Å². The summed E-state index contributed by atoms with van der Waals surface area (Å²) in [5.74, 6) is -3.07. The number of pyridine rings is 1. The average Bonchev–Trinajstić information content (AvgIpc) is 2.86. The number of aromatic nitrogens is 1. The maximum absolute atomic E-state index is 15.2. The van der Waals surface area contributed by atoms with E-state index in [2.05, 4.69) is 4.98 Å². The van der Waals surface area contributed by atoms with Crippen molar-refractivity contribution in [2.75, 3.05) is 12.0 Å². The van der Waals surface area contributed by atoms with E-state index in [1.807, 2.05) is 13.8 Å². The van der Waals surface area contributed by atoms with E-state index in [4.69, 9.17) is 9.47 Å². The summed E-state index contributed by atoms with van der Waals surface area (Å²) in [7, 11) is 1.16. The largest absolute Gasteiger partial charge is 0.465 e. The van der Waals surface area contributed by atoms with E-state index in [0.29, 0.717) is 0 Å². The second-order valence-corrected chi connectivity index (χ2v) is 8.68. The molecule has 1 aliphatic rings. The molecule has 1 aliphatic carbocycles. The summed E-state index contributed by atoms with van der Waals surface area (Å²) >= 11 is 0. The van der Waals surface area contributed by atoms with Crippen molar-refractivity contribution in [3.63, 3.8) is 0 Å². The first-order valence-electron chi connectivity index (χ1n) is 12.3. The number of carbonyl (C=O) groups excluding carboxylic acids is 2. The Labute approximate surface area is 210 Å². The Morgan fingerprint density at radius 2 is 1.75 bits per heavy atom. The number of anilines is 1. The van der Waals surface area contributed by atoms with Gasteiger partial charge in [-0.15, -0.1) is 0 Å². The first-order valence-corrected chi connectivity index (χ1v) is 12.3. The maximum Gasteiger partial charge on any atom is 0.340 e. The van der Waals surface area contributed by atoms with Crippen LogP contribution in [0.2, 0.25) is 0 Å². The molecule has 198 valence electrons. The fraction of sp³-hybridized carbons (Fsp3) is 0.519. The molecule has 1 saturated carbocycles. The number of ether oxygens (including phenoxy) is 2. The lowest BCUT2D eigenvalue weighted by Crippen LogP contribution is -2.42. The average molecular weight is 509 g/mol. The molecule has 0 atom stereocenters. The Hall–Kier alpha value is -3.10. The first kappa shape index (κ1) is 29.1. The number of esters is 1. The molecule has 3 rings (SSSR count). The van der Waals surface area contributed by atoms with Gasteiger partial charge < -0.3 is 14.4 Å². The fourth-order valence-corrected chi connectivity index (χ4v) is 4.29. The van der Waals surface area contributed by atoms with Crippen LogP contribution >= 0.6 is 0 Å². The molecule has 0 N–H and O–H groups in total. The number of aryl methyl sites for hydroxylation is 1. The van der Waals surface area contributed by atoms with Gasteiger partial charge in [-0.2, -0.15) is 0 Å². The van der Waals surface area contributed by atoms with Crippen molar-refractivity contribution in [2.45, 2.75) is 79.2 Å². The zero-order valence-electron chi connectivity index (χ0n) is 21.7. The number of carbonyl (C=O) groups is 2. The minimum atomic E-state index is -2.89. The quantitative estimate of drug-likeness (QED) is 0.365. The van der Waals surface area contributed by atoms with Crippen LogP contribution in [-0.4, -0.2) is 30.0 Å². The monoisotopic (exact) mass is 508 g/mol. The molecule has 0 bridgehead atoms. The Bertz CT molecular complexity index is 1050. The molecule has 1 fully saturated rings. The number of rotatable bonds is 7. The number of nitrogens with zero attached hydrogens (tertiary/aromatic N) is 2. The van der Waals surface area contributed by atoms with Gasteiger partial charge in [-0.1, -0.05) is 33.1 Å². The summed E-state index contributed by atoms with van der Waals surface area (Å²) in [5, 5.41) is 0. The van der Waals surface area contributed by atoms with Crippen LogP contribution in [0.25, 0.3) is 0 Å². The van der Waals surface area contributed by atoms with Crippen LogP contribution in [0.3, 0.4) is 0 Å². The molecule has 0 unspecified atom stereocenters. The van der Waals surface area contributed by atoms with Gasteiger partial charge in [0.15, 0.2) is 11.6 Å². The van der Waals surface area contributed by atoms with E-state index < -0.39 is 35.4 Å². The Morgan fingerprint density at radius 1 is 1.11 bits per heavy atom. The van der Waals surface area contributed by atoms with Crippen molar-refractivity contribution in [1.82, 2.24) is 4.98 Å². The molecule has 0 spiro atoms. The van der Waals surface area contributed by atoms with Gasteiger partial charge in [-0.25, -0.2) is 22.9 Å². The molecule has 2 aromatic rings. The first-order chi connectivity index (χ1) is 17.1. The van der Waals surface area contributed by atoms with E-state index >= 15 is 4.39 Å². The lowest BCUT2D eigenvalue weighted by Gasteiger charge is -2.33. The van der Waals surface area contributed by atoms with Crippen LogP contribution in [-0.2, 0) is 9.53 Å². The van der Waals surface area contributed by atoms with E-state index in [-0.39, 0.29) is 34.7 Å². The van der Waals surface area contributed by atoms with E-state index in [9.17, 15) is 18.4 Å². The van der Waals surface area contributed by atoms with Crippen molar-refractivity contribution >= 4 is 17.6 Å². The summed E-state index contributed by atoms with van der Waals surface area (Å²) in [6.45, 7) is 9.01. The second-order valence-electron chi connectivity index (χ2n) is 8.68. The summed E-state index contributed by atoms with van der Waals surface area (Å²) in [4.78, 5) is 31.2. The van der Waals surface area contributed by atoms with Crippen LogP contribution in [0, 0.1) is 18.7 Å². The minimum Gasteiger partial charge on any atom is -0.465 e. The molecule has 1 heterocycles. The number of benzene rings is 1. The third kappa shape index (κ3) is 6.56. The molecular formula is C27H35F3N2O4. The van der Waals surface area contributed by atoms with Crippen LogP contribution < -0.4 is 9.64 Å². The number of amides is 1. The Morgan fingerprint density at radius 3 is 2.31 bits per heavy atom. The highest BCUT2D eigenvalue weighted by atomic mass is 19.3. The van der Waals surface area contributed by atoms with Gasteiger partial charge >= 0.3 is 5.97 Å². The molecule has 1 aromatic heterocycles. The summed E-state index contributed by atoms with van der Waals surface area (Å²) in [5.41, 5.74) is -0.298. The molecule has 9 heteroatoms. The highest BCUT2D eigenvalue weighted by Crippen LogP contribution is 2.38. The Balaban J connectivity index is 0.00000222. The molecule has 1 aromatic carbocycles. The topological polar surface area (TPSA) is 68.7 Å². The number of halogens is 3. The van der Waals surface area contributed by atoms with Crippen LogP contribution in [0.1, 0.15) is 87.7 Å².